The van der Waals surface area contributed by atoms with Crippen LogP contribution in [0.3, 0.4) is 0 Å². The zero-order valence-corrected chi connectivity index (χ0v) is 11.3. The van der Waals surface area contributed by atoms with Gasteiger partial charge in [-0.1, -0.05) is 0 Å². The topological polar surface area (TPSA) is 84.7 Å². The van der Waals surface area contributed by atoms with E-state index in [-0.39, 0.29) is 30.6 Å². The van der Waals surface area contributed by atoms with Crippen LogP contribution < -0.4 is 20.7 Å². The number of benzene rings is 1. The first-order valence-electron chi connectivity index (χ1n) is 6.20. The minimum absolute atomic E-state index is 0.0112. The number of carbonyl (C=O) groups excluding carboxylic acids is 2. The van der Waals surface area contributed by atoms with Crippen molar-refractivity contribution >= 4 is 23.2 Å². The molecule has 1 aliphatic heterocycles. The molecule has 1 fully saturated rings. The normalized spacial score (nSPS) is 15.5. The highest BCUT2D eigenvalue weighted by atomic mass is 19.1. The SMILES string of the molecule is CC(C)Oc1cc(N2CC(=O)NC(=O)C2)c(N)cc1F. The Morgan fingerprint density at radius 2 is 1.90 bits per heavy atom. The molecule has 1 aliphatic rings. The molecule has 0 bridgehead atoms. The van der Waals surface area contributed by atoms with Gasteiger partial charge in [-0.05, 0) is 13.8 Å². The summed E-state index contributed by atoms with van der Waals surface area (Å²) in [5, 5.41) is 2.19. The maximum atomic E-state index is 13.7. The third-order valence-electron chi connectivity index (χ3n) is 2.73. The Labute approximate surface area is 115 Å². The highest BCUT2D eigenvalue weighted by Crippen LogP contribution is 2.32. The van der Waals surface area contributed by atoms with E-state index >= 15 is 0 Å². The van der Waals surface area contributed by atoms with Gasteiger partial charge in [0, 0.05) is 12.1 Å². The van der Waals surface area contributed by atoms with Gasteiger partial charge in [-0.2, -0.15) is 0 Å². The quantitative estimate of drug-likeness (QED) is 0.628. The number of anilines is 2. The maximum Gasteiger partial charge on any atom is 0.246 e. The van der Waals surface area contributed by atoms with Crippen molar-refractivity contribution in [2.45, 2.75) is 20.0 Å². The van der Waals surface area contributed by atoms with Crippen molar-refractivity contribution in [3.05, 3.63) is 17.9 Å². The Kier molecular flexibility index (Phi) is 3.78. The molecule has 108 valence electrons. The summed E-state index contributed by atoms with van der Waals surface area (Å²) in [4.78, 5) is 24.2. The van der Waals surface area contributed by atoms with Crippen molar-refractivity contribution in [1.29, 1.82) is 0 Å². The van der Waals surface area contributed by atoms with Crippen molar-refractivity contribution in [3.63, 3.8) is 0 Å². The number of carbonyl (C=O) groups is 2. The number of nitrogens with two attached hydrogens (primary N) is 1. The Morgan fingerprint density at radius 1 is 1.30 bits per heavy atom. The molecule has 1 aromatic rings. The fraction of sp³-hybridized carbons (Fsp3) is 0.385. The zero-order chi connectivity index (χ0) is 14.9. The molecule has 7 heteroatoms. The van der Waals surface area contributed by atoms with E-state index in [1.165, 1.54) is 11.0 Å². The molecule has 2 rings (SSSR count). The first kappa shape index (κ1) is 14.1. The summed E-state index contributed by atoms with van der Waals surface area (Å²) in [6.07, 6.45) is -0.202. The Hall–Kier alpha value is -2.31. The number of rotatable bonds is 3. The summed E-state index contributed by atoms with van der Waals surface area (Å²) in [5.74, 6) is -1.37. The summed E-state index contributed by atoms with van der Waals surface area (Å²) in [6, 6.07) is 2.54. The Morgan fingerprint density at radius 3 is 2.45 bits per heavy atom. The minimum Gasteiger partial charge on any atom is -0.488 e. The first-order chi connectivity index (χ1) is 9.36. The lowest BCUT2D eigenvalue weighted by Crippen LogP contribution is -2.51. The molecule has 1 heterocycles. The number of piperazine rings is 1. The third-order valence-corrected chi connectivity index (χ3v) is 2.73. The fourth-order valence-electron chi connectivity index (χ4n) is 1.98. The van der Waals surface area contributed by atoms with E-state index in [2.05, 4.69) is 5.32 Å². The largest absolute Gasteiger partial charge is 0.488 e. The number of nitrogens with zero attached hydrogens (tertiary/aromatic N) is 1. The van der Waals surface area contributed by atoms with Gasteiger partial charge in [0.05, 0.1) is 30.6 Å². The van der Waals surface area contributed by atoms with Crippen LogP contribution in [0.4, 0.5) is 15.8 Å². The van der Waals surface area contributed by atoms with Crippen molar-refractivity contribution < 1.29 is 18.7 Å². The minimum atomic E-state index is -0.576. The van der Waals surface area contributed by atoms with E-state index in [1.807, 2.05) is 0 Å². The lowest BCUT2D eigenvalue weighted by Gasteiger charge is -2.29. The van der Waals surface area contributed by atoms with Gasteiger partial charge in [-0.3, -0.25) is 14.9 Å². The van der Waals surface area contributed by atoms with Gasteiger partial charge in [-0.15, -0.1) is 0 Å². The number of hydrogen-bond donors (Lipinski definition) is 2. The van der Waals surface area contributed by atoms with E-state index in [1.54, 1.807) is 13.8 Å². The van der Waals surface area contributed by atoms with Crippen LogP contribution in [0.15, 0.2) is 12.1 Å². The molecule has 0 unspecified atom stereocenters. The molecule has 1 saturated heterocycles. The van der Waals surface area contributed by atoms with Gasteiger partial charge in [0.1, 0.15) is 0 Å². The molecular weight excluding hydrogens is 265 g/mol. The monoisotopic (exact) mass is 281 g/mol. The summed E-state index contributed by atoms with van der Waals surface area (Å²) in [7, 11) is 0. The third kappa shape index (κ3) is 2.98. The number of imide groups is 1. The van der Waals surface area contributed by atoms with Crippen molar-refractivity contribution in [3.8, 4) is 5.75 Å². The van der Waals surface area contributed by atoms with E-state index in [0.29, 0.717) is 5.69 Å². The van der Waals surface area contributed by atoms with E-state index in [0.717, 1.165) is 6.07 Å². The van der Waals surface area contributed by atoms with Crippen molar-refractivity contribution in [1.82, 2.24) is 5.32 Å². The van der Waals surface area contributed by atoms with Crippen LogP contribution in [0.2, 0.25) is 0 Å². The molecule has 0 aromatic heterocycles. The molecule has 0 radical (unpaired) electrons. The van der Waals surface area contributed by atoms with E-state index < -0.39 is 17.6 Å². The first-order valence-corrected chi connectivity index (χ1v) is 6.20. The predicted octanol–water partition coefficient (Wildman–Crippen LogP) is 0.658. The van der Waals surface area contributed by atoms with Crippen molar-refractivity contribution in [2.75, 3.05) is 23.7 Å². The second-order valence-electron chi connectivity index (χ2n) is 4.84. The molecule has 0 saturated carbocycles. The predicted molar refractivity (Wildman–Crippen MR) is 71.9 cm³/mol. The molecular formula is C13H16FN3O3. The van der Waals surface area contributed by atoms with Crippen LogP contribution in [0.25, 0.3) is 0 Å². The maximum absolute atomic E-state index is 13.7. The highest BCUT2D eigenvalue weighted by Gasteiger charge is 2.25. The highest BCUT2D eigenvalue weighted by molar-refractivity contribution is 6.03. The molecule has 6 nitrogen and oxygen atoms in total. The van der Waals surface area contributed by atoms with E-state index in [4.69, 9.17) is 10.5 Å². The van der Waals surface area contributed by atoms with Gasteiger partial charge in [0.25, 0.3) is 0 Å². The molecule has 0 aliphatic carbocycles. The summed E-state index contributed by atoms with van der Waals surface area (Å²) >= 11 is 0. The van der Waals surface area contributed by atoms with Crippen LogP contribution in [0.5, 0.6) is 5.75 Å². The standard InChI is InChI=1S/C13H16FN3O3/c1-7(2)20-11-4-10(9(15)3-8(11)14)17-5-12(18)16-13(19)6-17/h3-4,7H,5-6,15H2,1-2H3,(H,16,18,19). The van der Waals surface area contributed by atoms with Crippen LogP contribution in [-0.2, 0) is 9.59 Å². The van der Waals surface area contributed by atoms with Crippen LogP contribution >= 0.6 is 0 Å². The van der Waals surface area contributed by atoms with Crippen LogP contribution in [-0.4, -0.2) is 31.0 Å². The lowest BCUT2D eigenvalue weighted by molar-refractivity contribution is -0.130. The number of nitrogen functional groups attached to an aromatic ring is 1. The van der Waals surface area contributed by atoms with Gasteiger partial charge >= 0.3 is 0 Å². The number of nitrogens with one attached hydrogen (secondary N) is 1. The molecule has 2 amide bonds. The summed E-state index contributed by atoms with van der Waals surface area (Å²) < 4.78 is 19.1. The zero-order valence-electron chi connectivity index (χ0n) is 11.3. The van der Waals surface area contributed by atoms with Crippen molar-refractivity contribution in [2.24, 2.45) is 0 Å². The average molecular weight is 281 g/mol. The summed E-state index contributed by atoms with van der Waals surface area (Å²) in [5.41, 5.74) is 6.32. The Bertz CT molecular complexity index is 544. The lowest BCUT2D eigenvalue weighted by atomic mass is 10.2. The van der Waals surface area contributed by atoms with Gasteiger partial charge in [0.2, 0.25) is 11.8 Å². The number of ether oxygens (including phenoxy) is 1. The van der Waals surface area contributed by atoms with Gasteiger partial charge in [-0.25, -0.2) is 4.39 Å². The second-order valence-corrected chi connectivity index (χ2v) is 4.84. The second kappa shape index (κ2) is 5.36. The van der Waals surface area contributed by atoms with Crippen LogP contribution in [0, 0.1) is 5.82 Å². The fourth-order valence-corrected chi connectivity index (χ4v) is 1.98. The molecule has 3 N–H and O–H groups in total. The summed E-state index contributed by atoms with van der Waals surface area (Å²) in [6.45, 7) is 3.52. The number of hydrogen-bond acceptors (Lipinski definition) is 5. The Balaban J connectivity index is 2.35. The van der Waals surface area contributed by atoms with Crippen LogP contribution in [0.1, 0.15) is 13.8 Å². The average Bonchev–Trinajstić information content (AvgIpc) is 2.30. The van der Waals surface area contributed by atoms with Gasteiger partial charge < -0.3 is 15.4 Å². The molecule has 0 atom stereocenters. The number of amides is 2. The van der Waals surface area contributed by atoms with E-state index in [9.17, 15) is 14.0 Å². The number of halogens is 1. The van der Waals surface area contributed by atoms with Gasteiger partial charge in [0.15, 0.2) is 11.6 Å². The molecule has 1 aromatic carbocycles. The smallest absolute Gasteiger partial charge is 0.246 e. The molecule has 0 spiro atoms. The molecule has 20 heavy (non-hydrogen) atoms.